The van der Waals surface area contributed by atoms with Gasteiger partial charge in [0.2, 0.25) is 0 Å². The van der Waals surface area contributed by atoms with Crippen LogP contribution in [-0.2, 0) is 23.9 Å². The second-order valence-electron chi connectivity index (χ2n) is 7.25. The first kappa shape index (κ1) is 23.6. The molecular formula is C17H22N6O8. The second-order valence-corrected chi connectivity index (χ2v) is 7.25. The number of amides is 1. The van der Waals surface area contributed by atoms with Crippen molar-refractivity contribution in [2.24, 2.45) is 11.0 Å². The number of esters is 1. The lowest BCUT2D eigenvalue weighted by Crippen LogP contribution is -2.47. The molecule has 31 heavy (non-hydrogen) atoms. The molecule has 0 aliphatic carbocycles. The summed E-state index contributed by atoms with van der Waals surface area (Å²) in [4.78, 5) is 63.4. The molecule has 1 aromatic heterocycles. The van der Waals surface area contributed by atoms with Crippen LogP contribution >= 0.6 is 0 Å². The van der Waals surface area contributed by atoms with Crippen LogP contribution in [0, 0.1) is 12.8 Å². The van der Waals surface area contributed by atoms with E-state index in [1.807, 2.05) is 0 Å². The number of nitrogens with zero attached hydrogens (tertiary/aromatic N) is 4. The number of aromatic amines is 1. The summed E-state index contributed by atoms with van der Waals surface area (Å²) in [5.41, 5.74) is 7.74. The van der Waals surface area contributed by atoms with E-state index in [0.29, 0.717) is 0 Å². The third-order valence-corrected chi connectivity index (χ3v) is 4.64. The Kier molecular flexibility index (Phi) is 7.56. The number of ether oxygens (including phenoxy) is 2. The Bertz CT molecular complexity index is 1020. The van der Waals surface area contributed by atoms with E-state index in [0.717, 1.165) is 4.57 Å². The third-order valence-electron chi connectivity index (χ3n) is 4.64. The van der Waals surface area contributed by atoms with Crippen molar-refractivity contribution < 1.29 is 29.0 Å². The molecule has 168 valence electrons. The van der Waals surface area contributed by atoms with Gasteiger partial charge in [0.1, 0.15) is 25.0 Å². The molecule has 14 nitrogen and oxygen atoms in total. The first-order chi connectivity index (χ1) is 14.5. The molecule has 2 rings (SSSR count). The van der Waals surface area contributed by atoms with Gasteiger partial charge in [0.15, 0.2) is 0 Å². The van der Waals surface area contributed by atoms with Gasteiger partial charge in [-0.2, -0.15) is 0 Å². The molecule has 1 aromatic rings. The number of carbonyl (C=O) groups is 3. The van der Waals surface area contributed by atoms with Gasteiger partial charge in [-0.15, -0.1) is 0 Å². The molecular weight excluding hydrogens is 416 g/mol. The van der Waals surface area contributed by atoms with Gasteiger partial charge in [-0.1, -0.05) is 19.0 Å². The quantitative estimate of drug-likeness (QED) is 0.167. The van der Waals surface area contributed by atoms with Crippen molar-refractivity contribution >= 4 is 17.8 Å². The standard InChI is InChI=1S/C17H22N6O8/c1-7(2)12(15(26)27)19-14(25)16(28)30-6-10-9(21-22-18)4-11(31-10)23-5-8(3)13(24)20-17(23)29/h5,7,9-12H,4,6H2,1-3H3,(H,19,25)(H,26,27)(H,20,24,29)/t9-,10+,11+,12?/m0/s1. The smallest absolute Gasteiger partial charge is 0.396 e. The summed E-state index contributed by atoms with van der Waals surface area (Å²) < 4.78 is 11.6. The number of carboxylic acid groups (broad SMARTS) is 1. The molecule has 1 fully saturated rings. The number of aromatic nitrogens is 2. The maximum absolute atomic E-state index is 12.1. The van der Waals surface area contributed by atoms with Gasteiger partial charge in [0.05, 0.1) is 6.04 Å². The molecule has 0 saturated carbocycles. The average Bonchev–Trinajstić information content (AvgIpc) is 3.09. The molecule has 1 aliphatic rings. The third kappa shape index (κ3) is 5.71. The van der Waals surface area contributed by atoms with Crippen molar-refractivity contribution in [2.45, 2.75) is 51.6 Å². The molecule has 3 N–H and O–H groups in total. The Morgan fingerprint density at radius 3 is 2.71 bits per heavy atom. The minimum Gasteiger partial charge on any atom is -0.480 e. The van der Waals surface area contributed by atoms with Gasteiger partial charge >= 0.3 is 23.5 Å². The Hall–Kier alpha value is -3.64. The zero-order valence-corrected chi connectivity index (χ0v) is 17.0. The lowest BCUT2D eigenvalue weighted by atomic mass is 10.1. The highest BCUT2D eigenvalue weighted by atomic mass is 16.6. The second kappa shape index (κ2) is 9.91. The lowest BCUT2D eigenvalue weighted by Gasteiger charge is -2.18. The van der Waals surface area contributed by atoms with Crippen molar-refractivity contribution in [3.8, 4) is 0 Å². The van der Waals surface area contributed by atoms with E-state index >= 15 is 0 Å². The maximum atomic E-state index is 12.1. The molecule has 0 radical (unpaired) electrons. The Morgan fingerprint density at radius 2 is 2.13 bits per heavy atom. The highest BCUT2D eigenvalue weighted by Gasteiger charge is 2.38. The fourth-order valence-electron chi connectivity index (χ4n) is 2.96. The number of H-pyrrole nitrogens is 1. The minimum absolute atomic E-state index is 0.0539. The number of aryl methyl sites for hydroxylation is 1. The normalized spacial score (nSPS) is 21.2. The molecule has 4 atom stereocenters. The van der Waals surface area contributed by atoms with Crippen LogP contribution in [0.25, 0.3) is 10.4 Å². The van der Waals surface area contributed by atoms with E-state index in [1.54, 1.807) is 13.8 Å². The van der Waals surface area contributed by atoms with Crippen LogP contribution in [0.4, 0.5) is 0 Å². The van der Waals surface area contributed by atoms with Crippen LogP contribution in [0.5, 0.6) is 0 Å². The van der Waals surface area contributed by atoms with Gasteiger partial charge in [0, 0.05) is 23.1 Å². The van der Waals surface area contributed by atoms with E-state index in [4.69, 9.17) is 20.1 Å². The first-order valence-electron chi connectivity index (χ1n) is 9.27. The number of hydrogen-bond donors (Lipinski definition) is 3. The summed E-state index contributed by atoms with van der Waals surface area (Å²) in [6, 6.07) is -2.11. The largest absolute Gasteiger partial charge is 0.480 e. The van der Waals surface area contributed by atoms with Crippen molar-refractivity contribution in [2.75, 3.05) is 6.61 Å². The molecule has 1 amide bonds. The number of carbonyl (C=O) groups excluding carboxylic acids is 2. The predicted molar refractivity (Wildman–Crippen MR) is 103 cm³/mol. The Labute approximate surface area is 174 Å². The molecule has 1 saturated heterocycles. The number of rotatable bonds is 7. The van der Waals surface area contributed by atoms with Crippen molar-refractivity contribution in [1.29, 1.82) is 0 Å². The van der Waals surface area contributed by atoms with Gasteiger partial charge in [0.25, 0.3) is 5.56 Å². The van der Waals surface area contributed by atoms with E-state index < -0.39 is 66.0 Å². The average molecular weight is 438 g/mol. The van der Waals surface area contributed by atoms with Crippen LogP contribution in [0.15, 0.2) is 20.9 Å². The summed E-state index contributed by atoms with van der Waals surface area (Å²) in [7, 11) is 0. The number of carboxylic acids is 1. The van der Waals surface area contributed by atoms with Crippen LogP contribution in [0.2, 0.25) is 0 Å². The van der Waals surface area contributed by atoms with E-state index in [-0.39, 0.29) is 12.0 Å². The molecule has 2 heterocycles. The number of azide groups is 1. The van der Waals surface area contributed by atoms with Gasteiger partial charge in [-0.25, -0.2) is 14.4 Å². The number of aliphatic carboxylic acids is 1. The fraction of sp³-hybridized carbons (Fsp3) is 0.588. The maximum Gasteiger partial charge on any atom is 0.396 e. The summed E-state index contributed by atoms with van der Waals surface area (Å²) in [5.74, 6) is -4.36. The fourth-order valence-corrected chi connectivity index (χ4v) is 2.96. The van der Waals surface area contributed by atoms with E-state index in [9.17, 15) is 24.0 Å². The SMILES string of the molecule is Cc1cn([C@H]2C[C@H](N=[N+]=[N-])[C@@H](COC(=O)C(=O)NC(C(=O)O)C(C)C)O2)c(=O)[nH]c1=O. The van der Waals surface area contributed by atoms with E-state index in [2.05, 4.69) is 20.3 Å². The summed E-state index contributed by atoms with van der Waals surface area (Å²) in [5, 5.41) is 14.7. The number of hydrogen-bond acceptors (Lipinski definition) is 8. The first-order valence-corrected chi connectivity index (χ1v) is 9.27. The van der Waals surface area contributed by atoms with Crippen molar-refractivity contribution in [3.05, 3.63) is 43.0 Å². The Balaban J connectivity index is 2.07. The summed E-state index contributed by atoms with van der Waals surface area (Å²) in [6.07, 6.45) is -0.539. The monoisotopic (exact) mass is 438 g/mol. The highest BCUT2D eigenvalue weighted by Crippen LogP contribution is 2.30. The Morgan fingerprint density at radius 1 is 1.45 bits per heavy atom. The summed E-state index contributed by atoms with van der Waals surface area (Å²) in [6.45, 7) is 4.13. The minimum atomic E-state index is -1.34. The molecule has 0 spiro atoms. The molecule has 0 bridgehead atoms. The highest BCUT2D eigenvalue weighted by molar-refractivity contribution is 6.32. The zero-order chi connectivity index (χ0) is 23.3. The van der Waals surface area contributed by atoms with Crippen molar-refractivity contribution in [3.63, 3.8) is 0 Å². The zero-order valence-electron chi connectivity index (χ0n) is 17.0. The van der Waals surface area contributed by atoms with Crippen LogP contribution in [0.1, 0.15) is 32.1 Å². The molecule has 0 aromatic carbocycles. The van der Waals surface area contributed by atoms with Crippen LogP contribution in [0.3, 0.4) is 0 Å². The predicted octanol–water partition coefficient (Wildman–Crippen LogP) is -0.420. The number of nitrogens with one attached hydrogen (secondary N) is 2. The molecule has 1 unspecified atom stereocenters. The summed E-state index contributed by atoms with van der Waals surface area (Å²) >= 11 is 0. The van der Waals surface area contributed by atoms with E-state index in [1.165, 1.54) is 13.1 Å². The lowest BCUT2D eigenvalue weighted by molar-refractivity contribution is -0.159. The van der Waals surface area contributed by atoms with Crippen molar-refractivity contribution in [1.82, 2.24) is 14.9 Å². The van der Waals surface area contributed by atoms with Gasteiger partial charge < -0.3 is 19.9 Å². The van der Waals surface area contributed by atoms with Crippen LogP contribution in [-0.4, -0.2) is 57.3 Å². The van der Waals surface area contributed by atoms with Gasteiger partial charge in [-0.3, -0.25) is 19.1 Å². The van der Waals surface area contributed by atoms with Crippen LogP contribution < -0.4 is 16.6 Å². The molecule has 14 heteroatoms. The van der Waals surface area contributed by atoms with Gasteiger partial charge in [-0.05, 0) is 18.4 Å². The topological polar surface area (TPSA) is 206 Å². The molecule has 1 aliphatic heterocycles.